The van der Waals surface area contributed by atoms with Crippen LogP contribution in [0.15, 0.2) is 42.5 Å². The molecule has 21 heavy (non-hydrogen) atoms. The molecule has 0 unspecified atom stereocenters. The minimum atomic E-state index is 0.792. The smallest absolute Gasteiger partial charge is 0.104 e. The van der Waals surface area contributed by atoms with Crippen LogP contribution in [0.1, 0.15) is 35.7 Å². The summed E-state index contributed by atoms with van der Waals surface area (Å²) < 4.78 is 0. The number of aromatic amines is 1. The number of aromatic nitrogens is 2. The van der Waals surface area contributed by atoms with Gasteiger partial charge in [-0.25, -0.2) is 4.98 Å². The quantitative estimate of drug-likeness (QED) is 0.744. The van der Waals surface area contributed by atoms with Gasteiger partial charge in [0.2, 0.25) is 0 Å². The van der Waals surface area contributed by atoms with Gasteiger partial charge in [0, 0.05) is 12.2 Å². The normalized spacial score (nSPS) is 14.5. The highest BCUT2D eigenvalue weighted by Crippen LogP contribution is 2.41. The van der Waals surface area contributed by atoms with Gasteiger partial charge in [-0.1, -0.05) is 24.3 Å². The van der Waals surface area contributed by atoms with Crippen LogP contribution in [0.25, 0.3) is 11.0 Å². The fourth-order valence-electron chi connectivity index (χ4n) is 2.93. The summed E-state index contributed by atoms with van der Waals surface area (Å²) in [6.07, 6.45) is 2.69. The van der Waals surface area contributed by atoms with Crippen molar-refractivity contribution in [2.75, 3.05) is 5.32 Å². The predicted octanol–water partition coefficient (Wildman–Crippen LogP) is 4.36. The zero-order valence-corrected chi connectivity index (χ0v) is 12.2. The first-order valence-electron chi connectivity index (χ1n) is 7.57. The molecule has 3 heteroatoms. The van der Waals surface area contributed by atoms with Gasteiger partial charge in [0.25, 0.3) is 0 Å². The summed E-state index contributed by atoms with van der Waals surface area (Å²) in [5.41, 5.74) is 6.19. The Morgan fingerprint density at radius 1 is 1.19 bits per heavy atom. The Hall–Kier alpha value is -2.29. The van der Waals surface area contributed by atoms with Gasteiger partial charge in [0.1, 0.15) is 5.82 Å². The second-order valence-electron chi connectivity index (χ2n) is 5.88. The standard InChI is InChI=1S/C18H19N3/c1-12-20-17-9-8-15(10-18(17)21-12)19-11-14-4-2-3-5-16(14)13-6-7-13/h2-5,8-10,13,19H,6-7,11H2,1H3,(H,20,21). The number of aryl methyl sites for hydroxylation is 1. The summed E-state index contributed by atoms with van der Waals surface area (Å²) in [6.45, 7) is 2.87. The van der Waals surface area contributed by atoms with Gasteiger partial charge < -0.3 is 10.3 Å². The molecule has 106 valence electrons. The van der Waals surface area contributed by atoms with E-state index in [2.05, 4.69) is 57.7 Å². The van der Waals surface area contributed by atoms with E-state index in [1.165, 1.54) is 24.0 Å². The van der Waals surface area contributed by atoms with Crippen LogP contribution < -0.4 is 5.32 Å². The Bertz CT molecular complexity index is 784. The molecule has 0 bridgehead atoms. The Balaban J connectivity index is 1.55. The maximum Gasteiger partial charge on any atom is 0.104 e. The lowest BCUT2D eigenvalue weighted by molar-refractivity contribution is 1.04. The maximum atomic E-state index is 4.43. The molecule has 1 heterocycles. The molecule has 3 aromatic rings. The molecular weight excluding hydrogens is 258 g/mol. The highest BCUT2D eigenvalue weighted by Gasteiger charge is 2.25. The number of nitrogens with one attached hydrogen (secondary N) is 2. The molecular formula is C18H19N3. The van der Waals surface area contributed by atoms with E-state index in [-0.39, 0.29) is 0 Å². The average molecular weight is 277 g/mol. The summed E-state index contributed by atoms with van der Waals surface area (Å²) in [5.74, 6) is 1.75. The van der Waals surface area contributed by atoms with Crippen molar-refractivity contribution in [2.45, 2.75) is 32.2 Å². The number of benzene rings is 2. The van der Waals surface area contributed by atoms with E-state index in [0.717, 1.165) is 35.0 Å². The van der Waals surface area contributed by atoms with Crippen LogP contribution in [-0.2, 0) is 6.54 Å². The van der Waals surface area contributed by atoms with Crippen LogP contribution in [0.2, 0.25) is 0 Å². The van der Waals surface area contributed by atoms with E-state index in [0.29, 0.717) is 0 Å². The summed E-state index contributed by atoms with van der Waals surface area (Å²) in [4.78, 5) is 7.72. The van der Waals surface area contributed by atoms with Crippen LogP contribution in [0.3, 0.4) is 0 Å². The summed E-state index contributed by atoms with van der Waals surface area (Å²) >= 11 is 0. The Morgan fingerprint density at radius 3 is 2.90 bits per heavy atom. The second kappa shape index (κ2) is 4.92. The molecule has 0 saturated heterocycles. The molecule has 0 atom stereocenters. The van der Waals surface area contributed by atoms with Crippen LogP contribution in [-0.4, -0.2) is 9.97 Å². The van der Waals surface area contributed by atoms with E-state index in [4.69, 9.17) is 0 Å². The van der Waals surface area contributed by atoms with E-state index >= 15 is 0 Å². The number of H-pyrrole nitrogens is 1. The number of rotatable bonds is 4. The van der Waals surface area contributed by atoms with Gasteiger partial charge in [-0.2, -0.15) is 0 Å². The van der Waals surface area contributed by atoms with Crippen molar-refractivity contribution in [1.82, 2.24) is 9.97 Å². The molecule has 1 aliphatic rings. The minimum absolute atomic E-state index is 0.792. The van der Waals surface area contributed by atoms with Gasteiger partial charge in [0.05, 0.1) is 11.0 Å². The molecule has 2 N–H and O–H groups in total. The number of anilines is 1. The fraction of sp³-hybridized carbons (Fsp3) is 0.278. The molecule has 3 nitrogen and oxygen atoms in total. The van der Waals surface area contributed by atoms with E-state index < -0.39 is 0 Å². The van der Waals surface area contributed by atoms with Crippen molar-refractivity contribution in [3.63, 3.8) is 0 Å². The number of imidazole rings is 1. The highest BCUT2D eigenvalue weighted by atomic mass is 14.9. The van der Waals surface area contributed by atoms with E-state index in [1.807, 2.05) is 6.92 Å². The van der Waals surface area contributed by atoms with Gasteiger partial charge in [-0.05, 0) is 55.0 Å². The average Bonchev–Trinajstić information content (AvgIpc) is 3.26. The second-order valence-corrected chi connectivity index (χ2v) is 5.88. The molecule has 1 fully saturated rings. The molecule has 1 saturated carbocycles. The molecule has 1 aromatic heterocycles. The summed E-state index contributed by atoms with van der Waals surface area (Å²) in [6, 6.07) is 15.1. The first kappa shape index (κ1) is 12.5. The topological polar surface area (TPSA) is 40.7 Å². The zero-order chi connectivity index (χ0) is 14.2. The predicted molar refractivity (Wildman–Crippen MR) is 86.6 cm³/mol. The SMILES string of the molecule is Cc1nc2ccc(NCc3ccccc3C3CC3)cc2[nH]1. The Morgan fingerprint density at radius 2 is 2.05 bits per heavy atom. The van der Waals surface area contributed by atoms with Crippen LogP contribution >= 0.6 is 0 Å². The number of nitrogens with zero attached hydrogens (tertiary/aromatic N) is 1. The van der Waals surface area contributed by atoms with Gasteiger partial charge in [-0.15, -0.1) is 0 Å². The Labute approximate surface area is 124 Å². The third-order valence-corrected chi connectivity index (χ3v) is 4.16. The third-order valence-electron chi connectivity index (χ3n) is 4.16. The minimum Gasteiger partial charge on any atom is -0.381 e. The Kier molecular flexibility index (Phi) is 2.92. The fourth-order valence-corrected chi connectivity index (χ4v) is 2.93. The molecule has 2 aromatic carbocycles. The molecule has 4 rings (SSSR count). The number of hydrogen-bond acceptors (Lipinski definition) is 2. The van der Waals surface area contributed by atoms with E-state index in [1.54, 1.807) is 0 Å². The molecule has 0 aliphatic heterocycles. The van der Waals surface area contributed by atoms with E-state index in [9.17, 15) is 0 Å². The first-order chi connectivity index (χ1) is 10.3. The van der Waals surface area contributed by atoms with Crippen LogP contribution in [0.5, 0.6) is 0 Å². The van der Waals surface area contributed by atoms with Crippen molar-refractivity contribution in [1.29, 1.82) is 0 Å². The summed E-state index contributed by atoms with van der Waals surface area (Å²) in [7, 11) is 0. The van der Waals surface area contributed by atoms with Crippen molar-refractivity contribution >= 4 is 16.7 Å². The third kappa shape index (κ3) is 2.51. The number of fused-ring (bicyclic) bond motifs is 1. The number of hydrogen-bond donors (Lipinski definition) is 2. The molecule has 0 amide bonds. The lowest BCUT2D eigenvalue weighted by Gasteiger charge is -2.11. The maximum absolute atomic E-state index is 4.43. The van der Waals surface area contributed by atoms with Gasteiger partial charge in [-0.3, -0.25) is 0 Å². The van der Waals surface area contributed by atoms with Gasteiger partial charge in [0.15, 0.2) is 0 Å². The molecule has 0 radical (unpaired) electrons. The van der Waals surface area contributed by atoms with Crippen LogP contribution in [0.4, 0.5) is 5.69 Å². The zero-order valence-electron chi connectivity index (χ0n) is 12.2. The van der Waals surface area contributed by atoms with Crippen LogP contribution in [0, 0.1) is 6.92 Å². The molecule has 0 spiro atoms. The lowest BCUT2D eigenvalue weighted by Crippen LogP contribution is -2.02. The molecule has 1 aliphatic carbocycles. The van der Waals surface area contributed by atoms with Gasteiger partial charge >= 0.3 is 0 Å². The van der Waals surface area contributed by atoms with Crippen molar-refractivity contribution in [3.05, 3.63) is 59.4 Å². The van der Waals surface area contributed by atoms with Crippen molar-refractivity contribution in [2.24, 2.45) is 0 Å². The monoisotopic (exact) mass is 277 g/mol. The van der Waals surface area contributed by atoms with Crippen molar-refractivity contribution < 1.29 is 0 Å². The first-order valence-corrected chi connectivity index (χ1v) is 7.57. The largest absolute Gasteiger partial charge is 0.381 e. The lowest BCUT2D eigenvalue weighted by atomic mass is 10.0. The highest BCUT2D eigenvalue weighted by molar-refractivity contribution is 5.79. The summed E-state index contributed by atoms with van der Waals surface area (Å²) in [5, 5.41) is 3.54. The van der Waals surface area contributed by atoms with Crippen molar-refractivity contribution in [3.8, 4) is 0 Å².